The molecular weight excluding hydrogens is 316 g/mol. The van der Waals surface area contributed by atoms with Gasteiger partial charge in [0.25, 0.3) is 0 Å². The second-order valence-corrected chi connectivity index (χ2v) is 6.01. The molecule has 0 radical (unpaired) electrons. The Morgan fingerprint density at radius 1 is 1.08 bits per heavy atom. The maximum atomic E-state index is 11.0. The molecule has 0 saturated carbocycles. The van der Waals surface area contributed by atoms with Crippen LogP contribution in [0.1, 0.15) is 49.0 Å². The van der Waals surface area contributed by atoms with Crippen LogP contribution >= 0.6 is 0 Å². The fourth-order valence-electron chi connectivity index (χ4n) is 2.59. The number of allylic oxidation sites excluding steroid dienone is 2. The number of carboxylic acid groups (broad SMARTS) is 1. The van der Waals surface area contributed by atoms with Crippen LogP contribution in [0.25, 0.3) is 0 Å². The normalized spacial score (nSPS) is 13.6. The van der Waals surface area contributed by atoms with Gasteiger partial charge in [-0.3, -0.25) is 4.79 Å². The first kappa shape index (κ1) is 18.7. The number of carbonyl (C=O) groups is 1. The van der Waals surface area contributed by atoms with Crippen molar-refractivity contribution in [3.8, 4) is 5.75 Å². The summed E-state index contributed by atoms with van der Waals surface area (Å²) in [6, 6.07) is 15.2. The first-order chi connectivity index (χ1) is 12.0. The Hall–Kier alpha value is -2.59. The fourth-order valence-corrected chi connectivity index (χ4v) is 2.59. The molecule has 1 unspecified atom stereocenters. The third-order valence-electron chi connectivity index (χ3n) is 4.00. The van der Waals surface area contributed by atoms with Crippen LogP contribution in [0.2, 0.25) is 0 Å². The van der Waals surface area contributed by atoms with Crippen molar-refractivity contribution in [3.63, 3.8) is 0 Å². The first-order valence-corrected chi connectivity index (χ1v) is 8.34. The van der Waals surface area contributed by atoms with Crippen molar-refractivity contribution in [2.75, 3.05) is 0 Å². The van der Waals surface area contributed by atoms with Crippen molar-refractivity contribution in [2.24, 2.45) is 0 Å². The lowest BCUT2D eigenvalue weighted by Crippen LogP contribution is -2.04. The number of aliphatic hydroxyl groups is 1. The Balaban J connectivity index is 1.98. The highest BCUT2D eigenvalue weighted by Crippen LogP contribution is 2.24. The van der Waals surface area contributed by atoms with Gasteiger partial charge >= 0.3 is 5.97 Å². The Morgan fingerprint density at radius 2 is 1.68 bits per heavy atom. The number of ether oxygens (including phenoxy) is 1. The third-order valence-corrected chi connectivity index (χ3v) is 4.00. The topological polar surface area (TPSA) is 66.8 Å². The molecule has 0 aromatic heterocycles. The fraction of sp³-hybridized carbons (Fsp3) is 0.286. The lowest BCUT2D eigenvalue weighted by Gasteiger charge is -2.12. The molecule has 0 fully saturated rings. The molecule has 2 N–H and O–H groups in total. The van der Waals surface area contributed by atoms with Gasteiger partial charge in [-0.2, -0.15) is 0 Å². The molecule has 4 heteroatoms. The zero-order chi connectivity index (χ0) is 18.2. The van der Waals surface area contributed by atoms with Crippen LogP contribution in [-0.2, 0) is 11.4 Å². The summed E-state index contributed by atoms with van der Waals surface area (Å²) in [6.07, 6.45) is 3.36. The van der Waals surface area contributed by atoms with Crippen LogP contribution in [0.5, 0.6) is 5.75 Å². The predicted octanol–water partition coefficient (Wildman–Crippen LogP) is 4.45. The van der Waals surface area contributed by atoms with Gasteiger partial charge in [-0.1, -0.05) is 48.6 Å². The summed E-state index contributed by atoms with van der Waals surface area (Å²) in [6.45, 7) is 4.06. The van der Waals surface area contributed by atoms with Crippen molar-refractivity contribution in [1.82, 2.24) is 0 Å². The second kappa shape index (κ2) is 9.04. The molecule has 2 aromatic rings. The summed E-state index contributed by atoms with van der Waals surface area (Å²) in [7, 11) is 0. The van der Waals surface area contributed by atoms with Crippen LogP contribution in [-0.4, -0.2) is 16.2 Å². The van der Waals surface area contributed by atoms with Crippen LogP contribution in [0.15, 0.2) is 60.7 Å². The molecule has 0 aliphatic heterocycles. The van der Waals surface area contributed by atoms with Gasteiger partial charge in [-0.25, -0.2) is 0 Å². The van der Waals surface area contributed by atoms with E-state index >= 15 is 0 Å². The van der Waals surface area contributed by atoms with Gasteiger partial charge in [-0.15, -0.1) is 0 Å². The quantitative estimate of drug-likeness (QED) is 0.697. The maximum absolute atomic E-state index is 11.0. The van der Waals surface area contributed by atoms with E-state index in [1.54, 1.807) is 6.92 Å². The zero-order valence-corrected chi connectivity index (χ0v) is 14.6. The standard InChI is InChI=1S/C21H24O4/c1-3-4-19(13-21(23)24)18-9-11-20(12-10-18)25-14-16-5-7-17(8-6-16)15(2)22/h3-12,15,19,22H,13-14H2,1-2H3,(H,23,24)/t15?,19-/m1/s1. The van der Waals surface area contributed by atoms with Crippen LogP contribution in [0, 0.1) is 0 Å². The van der Waals surface area contributed by atoms with Gasteiger partial charge in [-0.05, 0) is 42.7 Å². The van der Waals surface area contributed by atoms with Crippen molar-refractivity contribution in [3.05, 3.63) is 77.4 Å². The van der Waals surface area contributed by atoms with E-state index in [-0.39, 0.29) is 12.3 Å². The molecule has 2 aromatic carbocycles. The van der Waals surface area contributed by atoms with Gasteiger partial charge in [0.05, 0.1) is 12.5 Å². The molecule has 132 valence electrons. The Kier molecular flexibility index (Phi) is 6.78. The van der Waals surface area contributed by atoms with Gasteiger partial charge in [0, 0.05) is 5.92 Å². The van der Waals surface area contributed by atoms with E-state index in [2.05, 4.69) is 0 Å². The van der Waals surface area contributed by atoms with E-state index in [4.69, 9.17) is 9.84 Å². The van der Waals surface area contributed by atoms with Crippen molar-refractivity contribution in [2.45, 2.75) is 38.9 Å². The number of rotatable bonds is 8. The summed E-state index contributed by atoms with van der Waals surface area (Å²) >= 11 is 0. The SMILES string of the molecule is CC=C[C@H](CC(=O)O)c1ccc(OCc2ccc(C(C)O)cc2)cc1. The molecule has 0 aliphatic carbocycles. The summed E-state index contributed by atoms with van der Waals surface area (Å²) < 4.78 is 5.77. The van der Waals surface area contributed by atoms with Crippen LogP contribution in [0.4, 0.5) is 0 Å². The van der Waals surface area contributed by atoms with E-state index < -0.39 is 12.1 Å². The monoisotopic (exact) mass is 340 g/mol. The van der Waals surface area contributed by atoms with Crippen molar-refractivity contribution < 1.29 is 19.7 Å². The maximum Gasteiger partial charge on any atom is 0.304 e. The van der Waals surface area contributed by atoms with Gasteiger partial charge in [0.15, 0.2) is 0 Å². The molecule has 0 spiro atoms. The van der Waals surface area contributed by atoms with Crippen molar-refractivity contribution in [1.29, 1.82) is 0 Å². The molecule has 25 heavy (non-hydrogen) atoms. The average molecular weight is 340 g/mol. The number of aliphatic carboxylic acids is 1. The van der Waals surface area contributed by atoms with E-state index in [1.807, 2.05) is 67.6 Å². The molecule has 2 rings (SSSR count). The minimum atomic E-state index is -0.816. The molecule has 0 aliphatic rings. The molecule has 0 saturated heterocycles. The minimum Gasteiger partial charge on any atom is -0.489 e. The molecule has 0 bridgehead atoms. The number of aliphatic hydroxyl groups excluding tert-OH is 1. The predicted molar refractivity (Wildman–Crippen MR) is 97.7 cm³/mol. The molecule has 0 heterocycles. The number of hydrogen-bond donors (Lipinski definition) is 2. The molecule has 4 nitrogen and oxygen atoms in total. The zero-order valence-electron chi connectivity index (χ0n) is 14.6. The lowest BCUT2D eigenvalue weighted by molar-refractivity contribution is -0.137. The molecular formula is C21H24O4. The number of carboxylic acids is 1. The molecule has 0 amide bonds. The second-order valence-electron chi connectivity index (χ2n) is 6.01. The highest BCUT2D eigenvalue weighted by Gasteiger charge is 2.12. The van der Waals surface area contributed by atoms with Gasteiger partial charge in [0.2, 0.25) is 0 Å². The summed E-state index contributed by atoms with van der Waals surface area (Å²) in [4.78, 5) is 11.0. The number of hydrogen-bond acceptors (Lipinski definition) is 3. The Bertz CT molecular complexity index is 700. The highest BCUT2D eigenvalue weighted by atomic mass is 16.5. The average Bonchev–Trinajstić information content (AvgIpc) is 2.60. The third kappa shape index (κ3) is 5.76. The Labute approximate surface area is 148 Å². The summed E-state index contributed by atoms with van der Waals surface area (Å²) in [5.41, 5.74) is 2.85. The van der Waals surface area contributed by atoms with Gasteiger partial charge < -0.3 is 14.9 Å². The van der Waals surface area contributed by atoms with Crippen LogP contribution < -0.4 is 4.74 Å². The van der Waals surface area contributed by atoms with Crippen molar-refractivity contribution >= 4 is 5.97 Å². The van der Waals surface area contributed by atoms with E-state index in [9.17, 15) is 9.90 Å². The minimum absolute atomic E-state index is 0.0696. The molecule has 2 atom stereocenters. The highest BCUT2D eigenvalue weighted by molar-refractivity contribution is 5.68. The summed E-state index contributed by atoms with van der Waals surface area (Å²) in [5, 5.41) is 18.5. The van der Waals surface area contributed by atoms with E-state index in [0.717, 1.165) is 22.4 Å². The van der Waals surface area contributed by atoms with E-state index in [1.165, 1.54) is 0 Å². The van der Waals surface area contributed by atoms with Gasteiger partial charge in [0.1, 0.15) is 12.4 Å². The smallest absolute Gasteiger partial charge is 0.304 e. The number of benzene rings is 2. The first-order valence-electron chi connectivity index (χ1n) is 8.34. The summed E-state index contributed by atoms with van der Waals surface area (Å²) in [5.74, 6) is -0.216. The Morgan fingerprint density at radius 3 is 2.20 bits per heavy atom. The van der Waals surface area contributed by atoms with E-state index in [0.29, 0.717) is 6.61 Å². The lowest BCUT2D eigenvalue weighted by atomic mass is 9.95. The van der Waals surface area contributed by atoms with Crippen LogP contribution in [0.3, 0.4) is 0 Å². The largest absolute Gasteiger partial charge is 0.489 e.